The van der Waals surface area contributed by atoms with E-state index in [0.717, 1.165) is 47.5 Å². The van der Waals surface area contributed by atoms with Gasteiger partial charge in [-0.1, -0.05) is 18.6 Å². The lowest BCUT2D eigenvalue weighted by atomic mass is 9.87. The quantitative estimate of drug-likeness (QED) is 0.657. The van der Waals surface area contributed by atoms with Crippen LogP contribution in [0.5, 0.6) is 11.5 Å². The molecule has 5 heteroatoms. The van der Waals surface area contributed by atoms with Gasteiger partial charge in [0.1, 0.15) is 5.78 Å². The third kappa shape index (κ3) is 3.00. The Morgan fingerprint density at radius 3 is 2.77 bits per heavy atom. The highest BCUT2D eigenvalue weighted by Crippen LogP contribution is 2.51. The Balaban J connectivity index is 1.23. The topological polar surface area (TPSA) is 63.4 Å². The molecule has 30 heavy (non-hydrogen) atoms. The van der Waals surface area contributed by atoms with Crippen LogP contribution in [-0.2, 0) is 16.6 Å². The van der Waals surface area contributed by atoms with Gasteiger partial charge in [0.25, 0.3) is 0 Å². The molecule has 6 rings (SSSR count). The number of carbonyl (C=O) groups is 1. The number of benzene rings is 2. The van der Waals surface area contributed by atoms with Gasteiger partial charge in [-0.2, -0.15) is 0 Å². The lowest BCUT2D eigenvalue weighted by Crippen LogP contribution is -2.26. The molecule has 5 nitrogen and oxygen atoms in total. The number of H-pyrrole nitrogens is 1. The first kappa shape index (κ1) is 18.0. The van der Waals surface area contributed by atoms with Crippen molar-refractivity contribution >= 4 is 16.7 Å². The number of piperidine rings is 1. The van der Waals surface area contributed by atoms with Crippen molar-refractivity contribution in [3.63, 3.8) is 0 Å². The van der Waals surface area contributed by atoms with Gasteiger partial charge in [0.05, 0.1) is 5.41 Å². The highest BCUT2D eigenvalue weighted by molar-refractivity contribution is 5.95. The zero-order valence-electron chi connectivity index (χ0n) is 17.0. The molecule has 0 amide bonds. The van der Waals surface area contributed by atoms with E-state index in [2.05, 4.69) is 34.6 Å². The minimum absolute atomic E-state index is 0.259. The van der Waals surface area contributed by atoms with Gasteiger partial charge in [-0.3, -0.25) is 4.79 Å². The van der Waals surface area contributed by atoms with Gasteiger partial charge in [-0.25, -0.2) is 0 Å². The number of aromatic nitrogens is 1. The van der Waals surface area contributed by atoms with Crippen molar-refractivity contribution in [2.75, 3.05) is 13.3 Å². The van der Waals surface area contributed by atoms with Crippen molar-refractivity contribution in [3.8, 4) is 11.5 Å². The predicted molar refractivity (Wildman–Crippen MR) is 115 cm³/mol. The van der Waals surface area contributed by atoms with Crippen molar-refractivity contribution in [2.24, 2.45) is 0 Å². The van der Waals surface area contributed by atoms with Crippen LogP contribution in [-0.4, -0.2) is 24.1 Å². The summed E-state index contributed by atoms with van der Waals surface area (Å²) < 4.78 is 10.9. The zero-order valence-corrected chi connectivity index (χ0v) is 17.0. The number of nitrogens with one attached hydrogen (secondary N) is 2. The Morgan fingerprint density at radius 1 is 1.03 bits per heavy atom. The first-order chi connectivity index (χ1) is 14.7. The van der Waals surface area contributed by atoms with Crippen molar-refractivity contribution in [1.82, 2.24) is 10.3 Å². The average molecular weight is 402 g/mol. The number of carbonyl (C=O) groups excluding carboxylic acids is 1. The number of ketones is 1. The van der Waals surface area contributed by atoms with E-state index in [0.29, 0.717) is 18.2 Å². The summed E-state index contributed by atoms with van der Waals surface area (Å²) in [6, 6.07) is 15.0. The van der Waals surface area contributed by atoms with Gasteiger partial charge in [-0.15, -0.1) is 0 Å². The lowest BCUT2D eigenvalue weighted by molar-refractivity contribution is -0.120. The van der Waals surface area contributed by atoms with Crippen LogP contribution < -0.4 is 14.8 Å². The van der Waals surface area contributed by atoms with E-state index in [1.807, 2.05) is 18.2 Å². The number of aromatic amines is 1. The number of hydrogen-bond acceptors (Lipinski definition) is 4. The maximum Gasteiger partial charge on any atom is 0.231 e. The summed E-state index contributed by atoms with van der Waals surface area (Å²) >= 11 is 0. The molecule has 2 N–H and O–H groups in total. The molecule has 1 saturated carbocycles. The van der Waals surface area contributed by atoms with E-state index in [1.54, 1.807) is 0 Å². The van der Waals surface area contributed by atoms with E-state index in [1.165, 1.54) is 30.3 Å². The van der Waals surface area contributed by atoms with Gasteiger partial charge in [-0.05, 0) is 79.1 Å². The average Bonchev–Trinajstić information content (AvgIpc) is 3.27. The van der Waals surface area contributed by atoms with Crippen LogP contribution in [0.25, 0.3) is 10.9 Å². The number of hydrogen-bond donors (Lipinski definition) is 2. The van der Waals surface area contributed by atoms with E-state index < -0.39 is 0 Å². The summed E-state index contributed by atoms with van der Waals surface area (Å²) in [5.74, 6) is 1.82. The van der Waals surface area contributed by atoms with Crippen LogP contribution in [0.15, 0.2) is 42.5 Å². The molecule has 0 radical (unpaired) electrons. The number of ether oxygens (including phenoxy) is 2. The summed E-state index contributed by atoms with van der Waals surface area (Å²) in [5, 5.41) is 4.79. The predicted octanol–water partition coefficient (Wildman–Crippen LogP) is 4.55. The molecule has 0 bridgehead atoms. The Hall–Kier alpha value is -2.79. The zero-order chi connectivity index (χ0) is 20.1. The molecule has 154 valence electrons. The van der Waals surface area contributed by atoms with Crippen molar-refractivity contribution in [2.45, 2.75) is 50.0 Å². The second-order valence-corrected chi connectivity index (χ2v) is 8.90. The van der Waals surface area contributed by atoms with Crippen molar-refractivity contribution in [3.05, 3.63) is 59.3 Å². The van der Waals surface area contributed by atoms with Crippen LogP contribution in [0, 0.1) is 0 Å². The van der Waals surface area contributed by atoms with Crippen molar-refractivity contribution in [1.29, 1.82) is 0 Å². The monoisotopic (exact) mass is 402 g/mol. The normalized spacial score (nSPS) is 21.7. The Labute approximate surface area is 175 Å². The maximum atomic E-state index is 13.3. The van der Waals surface area contributed by atoms with Crippen LogP contribution in [0.2, 0.25) is 0 Å². The highest BCUT2D eigenvalue weighted by Gasteiger charge is 2.50. The number of rotatable bonds is 5. The van der Waals surface area contributed by atoms with Gasteiger partial charge in [0.2, 0.25) is 6.79 Å². The summed E-state index contributed by atoms with van der Waals surface area (Å²) in [6.07, 6.45) is 6.00. The molecule has 1 atom stereocenters. The summed E-state index contributed by atoms with van der Waals surface area (Å²) in [4.78, 5) is 16.9. The molecule has 1 aromatic heterocycles. The largest absolute Gasteiger partial charge is 0.454 e. The minimum Gasteiger partial charge on any atom is -0.454 e. The van der Waals surface area contributed by atoms with Gasteiger partial charge < -0.3 is 19.8 Å². The number of fused-ring (bicyclic) bond motifs is 2. The molecular weight excluding hydrogens is 376 g/mol. The third-order valence-electron chi connectivity index (χ3n) is 6.97. The smallest absolute Gasteiger partial charge is 0.231 e. The summed E-state index contributed by atoms with van der Waals surface area (Å²) in [5.41, 5.74) is 4.19. The van der Waals surface area contributed by atoms with E-state index in [-0.39, 0.29) is 12.2 Å². The number of Topliss-reactive ketones (excluding diaryl/α,β-unsaturated/α-hetero) is 1. The van der Waals surface area contributed by atoms with E-state index in [9.17, 15) is 4.79 Å². The highest BCUT2D eigenvalue weighted by atomic mass is 16.7. The molecule has 3 aromatic rings. The SMILES string of the molecule is O=C(Cc1ccc2[nH]c(C3CCCCN3)cc2c1)C1(c2ccc3c(c2)OCO3)CC1. The fraction of sp³-hybridized carbons (Fsp3) is 0.400. The van der Waals surface area contributed by atoms with Gasteiger partial charge in [0.15, 0.2) is 11.5 Å². The molecular formula is C25H26N2O3. The fourth-order valence-electron chi connectivity index (χ4n) is 5.02. The molecule has 0 spiro atoms. The molecule has 2 aromatic carbocycles. The van der Waals surface area contributed by atoms with Crippen molar-refractivity contribution < 1.29 is 14.3 Å². The van der Waals surface area contributed by atoms with E-state index >= 15 is 0 Å². The second kappa shape index (κ2) is 6.88. The summed E-state index contributed by atoms with van der Waals surface area (Å²) in [7, 11) is 0. The Morgan fingerprint density at radius 2 is 1.93 bits per heavy atom. The second-order valence-electron chi connectivity index (χ2n) is 8.90. The third-order valence-corrected chi connectivity index (χ3v) is 6.97. The summed E-state index contributed by atoms with van der Waals surface area (Å²) in [6.45, 7) is 1.34. The van der Waals surface area contributed by atoms with Crippen LogP contribution >= 0.6 is 0 Å². The fourth-order valence-corrected chi connectivity index (χ4v) is 5.02. The molecule has 2 fully saturated rings. The standard InChI is InChI=1S/C25H26N2O3/c28-24(25(8-9-25)18-5-7-22-23(14-18)30-15-29-22)12-16-4-6-19-17(11-16)13-21(27-19)20-3-1-2-10-26-20/h4-7,11,13-14,20,26-27H,1-3,8-10,12,15H2. The molecule has 3 heterocycles. The maximum absolute atomic E-state index is 13.3. The van der Waals surface area contributed by atoms with E-state index in [4.69, 9.17) is 9.47 Å². The Kier molecular flexibility index (Phi) is 4.13. The Bertz CT molecular complexity index is 1120. The molecule has 1 saturated heterocycles. The first-order valence-electron chi connectivity index (χ1n) is 11.0. The molecule has 3 aliphatic rings. The van der Waals surface area contributed by atoms with Crippen LogP contribution in [0.4, 0.5) is 0 Å². The first-order valence-corrected chi connectivity index (χ1v) is 11.0. The molecule has 1 aliphatic carbocycles. The van der Waals surface area contributed by atoms with Gasteiger partial charge in [0, 0.05) is 23.7 Å². The van der Waals surface area contributed by atoms with Gasteiger partial charge >= 0.3 is 0 Å². The molecule has 1 unspecified atom stereocenters. The van der Waals surface area contributed by atoms with Crippen LogP contribution in [0.3, 0.4) is 0 Å². The molecule has 2 aliphatic heterocycles. The van der Waals surface area contributed by atoms with Crippen LogP contribution in [0.1, 0.15) is 55.0 Å². The lowest BCUT2D eigenvalue weighted by Gasteiger charge is -2.22. The minimum atomic E-state index is -0.356.